The first-order valence-corrected chi connectivity index (χ1v) is 6.86. The molecule has 0 aromatic carbocycles. The van der Waals surface area contributed by atoms with Crippen LogP contribution in [0.3, 0.4) is 0 Å². The van der Waals surface area contributed by atoms with Gasteiger partial charge in [-0.15, -0.1) is 0 Å². The van der Waals surface area contributed by atoms with E-state index in [1.165, 1.54) is 19.1 Å². The van der Waals surface area contributed by atoms with Gasteiger partial charge in [0.1, 0.15) is 11.6 Å². The molecule has 0 unspecified atom stereocenters. The van der Waals surface area contributed by atoms with Crippen molar-refractivity contribution in [2.75, 3.05) is 30.4 Å². The van der Waals surface area contributed by atoms with E-state index >= 15 is 0 Å². The van der Waals surface area contributed by atoms with Crippen molar-refractivity contribution in [2.24, 2.45) is 0 Å². The maximum atomic E-state index is 11.0. The van der Waals surface area contributed by atoms with Crippen molar-refractivity contribution in [3.05, 3.63) is 22.2 Å². The largest absolute Gasteiger partial charge is 0.373 e. The summed E-state index contributed by atoms with van der Waals surface area (Å²) in [5.74, 6) is 1.04. The first-order valence-electron chi connectivity index (χ1n) is 6.86. The number of hydrogen-bond acceptors (Lipinski definition) is 6. The van der Waals surface area contributed by atoms with Gasteiger partial charge in [-0.2, -0.15) is 0 Å². The topological polar surface area (TPSA) is 100 Å². The average molecular weight is 293 g/mol. The van der Waals surface area contributed by atoms with Crippen LogP contribution >= 0.6 is 0 Å². The minimum atomic E-state index is -0.421. The Morgan fingerprint density at radius 1 is 1.43 bits per heavy atom. The Bertz CT molecular complexity index is 541. The van der Waals surface area contributed by atoms with Gasteiger partial charge in [-0.05, 0) is 12.8 Å². The Morgan fingerprint density at radius 3 is 2.62 bits per heavy atom. The van der Waals surface area contributed by atoms with Crippen LogP contribution in [0.25, 0.3) is 0 Å². The number of piperidine rings is 1. The van der Waals surface area contributed by atoms with Gasteiger partial charge in [-0.3, -0.25) is 14.9 Å². The molecule has 0 spiro atoms. The summed E-state index contributed by atoms with van der Waals surface area (Å²) in [4.78, 5) is 28.0. The highest BCUT2D eigenvalue weighted by molar-refractivity contribution is 5.73. The summed E-state index contributed by atoms with van der Waals surface area (Å²) in [6.45, 7) is 2.93. The van der Waals surface area contributed by atoms with Crippen LogP contribution in [0, 0.1) is 10.1 Å². The van der Waals surface area contributed by atoms with E-state index in [4.69, 9.17) is 0 Å². The number of aromatic nitrogens is 1. The standard InChI is InChI=1S/C13H19N5O3/c1-9(19)15-10-3-5-17(6-4-10)13-8-11(18(20)21)7-12(14-2)16-13/h7-8,10H,3-6H2,1-2H3,(H,14,16)(H,15,19). The molecule has 1 aromatic heterocycles. The summed E-state index contributed by atoms with van der Waals surface area (Å²) in [7, 11) is 1.68. The molecule has 8 heteroatoms. The number of nitrogens with zero attached hydrogens (tertiary/aromatic N) is 3. The molecule has 0 radical (unpaired) electrons. The lowest BCUT2D eigenvalue weighted by Gasteiger charge is -2.33. The summed E-state index contributed by atoms with van der Waals surface area (Å²) in [5, 5.41) is 16.7. The molecule has 0 bridgehead atoms. The number of nitrogens with one attached hydrogen (secondary N) is 2. The molecule has 8 nitrogen and oxygen atoms in total. The molecule has 0 aliphatic carbocycles. The van der Waals surface area contributed by atoms with Crippen molar-refractivity contribution >= 4 is 23.2 Å². The number of nitro groups is 1. The lowest BCUT2D eigenvalue weighted by molar-refractivity contribution is -0.384. The van der Waals surface area contributed by atoms with Crippen LogP contribution < -0.4 is 15.5 Å². The third kappa shape index (κ3) is 3.80. The molecule has 2 N–H and O–H groups in total. The molecule has 1 fully saturated rings. The molecule has 1 saturated heterocycles. The highest BCUT2D eigenvalue weighted by Gasteiger charge is 2.22. The Labute approximate surface area is 122 Å². The number of carbonyl (C=O) groups is 1. The van der Waals surface area contributed by atoms with Crippen molar-refractivity contribution in [1.29, 1.82) is 0 Å². The van der Waals surface area contributed by atoms with Gasteiger partial charge >= 0.3 is 0 Å². The van der Waals surface area contributed by atoms with E-state index < -0.39 is 4.92 Å². The lowest BCUT2D eigenvalue weighted by Crippen LogP contribution is -2.44. The molecule has 1 aliphatic heterocycles. The highest BCUT2D eigenvalue weighted by atomic mass is 16.6. The van der Waals surface area contributed by atoms with Crippen LogP contribution in [0.2, 0.25) is 0 Å². The van der Waals surface area contributed by atoms with Crippen LogP contribution in [0.1, 0.15) is 19.8 Å². The Balaban J connectivity index is 2.10. The number of amides is 1. The second-order valence-electron chi connectivity index (χ2n) is 5.04. The molecule has 21 heavy (non-hydrogen) atoms. The monoisotopic (exact) mass is 293 g/mol. The minimum Gasteiger partial charge on any atom is -0.373 e. The predicted molar refractivity (Wildman–Crippen MR) is 79.5 cm³/mol. The van der Waals surface area contributed by atoms with Crippen LogP contribution in [-0.2, 0) is 4.79 Å². The highest BCUT2D eigenvalue weighted by Crippen LogP contribution is 2.25. The number of carbonyl (C=O) groups excluding carboxylic acids is 1. The maximum Gasteiger partial charge on any atom is 0.276 e. The summed E-state index contributed by atoms with van der Waals surface area (Å²) in [6.07, 6.45) is 1.61. The van der Waals surface area contributed by atoms with E-state index in [1.807, 2.05) is 4.90 Å². The molecule has 1 amide bonds. The van der Waals surface area contributed by atoms with E-state index in [2.05, 4.69) is 15.6 Å². The zero-order valence-electron chi connectivity index (χ0n) is 12.1. The Hall–Kier alpha value is -2.38. The second kappa shape index (κ2) is 6.38. The normalized spacial score (nSPS) is 15.6. The zero-order valence-corrected chi connectivity index (χ0v) is 12.1. The van der Waals surface area contributed by atoms with Gasteiger partial charge in [-0.1, -0.05) is 0 Å². The lowest BCUT2D eigenvalue weighted by atomic mass is 10.1. The number of pyridine rings is 1. The van der Waals surface area contributed by atoms with Gasteiger partial charge in [0.25, 0.3) is 5.69 Å². The average Bonchev–Trinajstić information content (AvgIpc) is 2.46. The Kier molecular flexibility index (Phi) is 4.56. The molecule has 0 atom stereocenters. The zero-order chi connectivity index (χ0) is 15.4. The van der Waals surface area contributed by atoms with Crippen molar-refractivity contribution in [3.63, 3.8) is 0 Å². The molecule has 1 aliphatic rings. The van der Waals surface area contributed by atoms with Gasteiger partial charge in [0.05, 0.1) is 17.1 Å². The third-order valence-corrected chi connectivity index (χ3v) is 3.49. The van der Waals surface area contributed by atoms with Gasteiger partial charge in [0, 0.05) is 33.1 Å². The fraction of sp³-hybridized carbons (Fsp3) is 0.538. The molecular formula is C13H19N5O3. The number of hydrogen-bond donors (Lipinski definition) is 2. The van der Waals surface area contributed by atoms with E-state index in [9.17, 15) is 14.9 Å². The summed E-state index contributed by atoms with van der Waals surface area (Å²) >= 11 is 0. The summed E-state index contributed by atoms with van der Waals surface area (Å²) in [5.41, 5.74) is 0.0216. The van der Waals surface area contributed by atoms with Gasteiger partial charge in [0.15, 0.2) is 0 Å². The quantitative estimate of drug-likeness (QED) is 0.637. The van der Waals surface area contributed by atoms with Crippen molar-refractivity contribution in [2.45, 2.75) is 25.8 Å². The van der Waals surface area contributed by atoms with Crippen molar-refractivity contribution in [3.8, 4) is 0 Å². The van der Waals surface area contributed by atoms with E-state index in [0.717, 1.165) is 12.8 Å². The third-order valence-electron chi connectivity index (χ3n) is 3.49. The smallest absolute Gasteiger partial charge is 0.276 e. The fourth-order valence-corrected chi connectivity index (χ4v) is 2.44. The summed E-state index contributed by atoms with van der Waals surface area (Å²) < 4.78 is 0. The number of rotatable bonds is 4. The maximum absolute atomic E-state index is 11.0. The van der Waals surface area contributed by atoms with Crippen LogP contribution in [0.15, 0.2) is 12.1 Å². The summed E-state index contributed by atoms with van der Waals surface area (Å²) in [6, 6.07) is 3.06. The fourth-order valence-electron chi connectivity index (χ4n) is 2.44. The Morgan fingerprint density at radius 2 is 2.10 bits per heavy atom. The van der Waals surface area contributed by atoms with E-state index in [1.54, 1.807) is 7.05 Å². The van der Waals surface area contributed by atoms with Crippen LogP contribution in [-0.4, -0.2) is 42.0 Å². The molecule has 0 saturated carbocycles. The van der Waals surface area contributed by atoms with Crippen molar-refractivity contribution in [1.82, 2.24) is 10.3 Å². The molecule has 114 valence electrons. The van der Waals surface area contributed by atoms with Gasteiger partial charge in [-0.25, -0.2) is 4.98 Å². The molecule has 1 aromatic rings. The first-order chi connectivity index (χ1) is 9.99. The predicted octanol–water partition coefficient (Wildman–Crippen LogP) is 1.14. The first kappa shape index (κ1) is 15.0. The van der Waals surface area contributed by atoms with E-state index in [0.29, 0.717) is 24.7 Å². The van der Waals surface area contributed by atoms with E-state index in [-0.39, 0.29) is 17.6 Å². The van der Waals surface area contributed by atoms with Crippen molar-refractivity contribution < 1.29 is 9.72 Å². The SMILES string of the molecule is CNc1cc([N+](=O)[O-])cc(N2CCC(NC(C)=O)CC2)n1. The molecular weight excluding hydrogens is 274 g/mol. The number of anilines is 2. The van der Waals surface area contributed by atoms with Crippen LogP contribution in [0.5, 0.6) is 0 Å². The molecule has 2 rings (SSSR count). The minimum absolute atomic E-state index is 0.0216. The second-order valence-corrected chi connectivity index (χ2v) is 5.04. The van der Waals surface area contributed by atoms with Crippen LogP contribution in [0.4, 0.5) is 17.3 Å². The van der Waals surface area contributed by atoms with Gasteiger partial charge < -0.3 is 15.5 Å². The van der Waals surface area contributed by atoms with Gasteiger partial charge in [0.2, 0.25) is 5.91 Å². The molecule has 2 heterocycles.